The Morgan fingerprint density at radius 2 is 2.09 bits per heavy atom. The highest BCUT2D eigenvalue weighted by atomic mass is 19.1. The summed E-state index contributed by atoms with van der Waals surface area (Å²) in [5.74, 6) is -0.438. The standard InChI is InChI=1S/C23H23FN10O/c1-2-33-11-16(8-27-33)14-5-20-22(18(23(26)35)9-28-34(20)12-14)29-19-13-32(10-15(19)6-24)21-4-3-17(7-25)30-31-21/h3-5,8-9,11-12,15,19,29H,2,6,10,13H2,1H3,(H2,26,35)/t15-,19-/m1/s1. The van der Waals surface area contributed by atoms with Gasteiger partial charge in [-0.15, -0.1) is 10.2 Å². The van der Waals surface area contributed by atoms with Gasteiger partial charge in [-0.2, -0.15) is 15.5 Å². The van der Waals surface area contributed by atoms with E-state index >= 15 is 0 Å². The molecule has 0 unspecified atom stereocenters. The lowest BCUT2D eigenvalue weighted by molar-refractivity contribution is 0.100. The molecule has 2 atom stereocenters. The van der Waals surface area contributed by atoms with Crippen LogP contribution >= 0.6 is 0 Å². The first kappa shape index (κ1) is 22.3. The Bertz CT molecular complexity index is 1420. The summed E-state index contributed by atoms with van der Waals surface area (Å²) in [6.45, 7) is 3.03. The van der Waals surface area contributed by atoms with Crippen LogP contribution in [0.2, 0.25) is 0 Å². The summed E-state index contributed by atoms with van der Waals surface area (Å²) in [7, 11) is 0. The monoisotopic (exact) mass is 474 g/mol. The maximum Gasteiger partial charge on any atom is 0.252 e. The number of nitrogens with zero attached hydrogens (tertiary/aromatic N) is 8. The van der Waals surface area contributed by atoms with Crippen molar-refractivity contribution in [3.05, 3.63) is 54.2 Å². The third-order valence-electron chi connectivity index (χ3n) is 6.25. The Labute approximate surface area is 200 Å². The van der Waals surface area contributed by atoms with Gasteiger partial charge in [-0.1, -0.05) is 0 Å². The first-order chi connectivity index (χ1) is 17.0. The lowest BCUT2D eigenvalue weighted by Gasteiger charge is -2.21. The Morgan fingerprint density at radius 3 is 2.74 bits per heavy atom. The number of primary amides is 1. The van der Waals surface area contributed by atoms with Crippen molar-refractivity contribution in [1.82, 2.24) is 29.6 Å². The largest absolute Gasteiger partial charge is 0.378 e. The highest BCUT2D eigenvalue weighted by Gasteiger charge is 2.35. The lowest BCUT2D eigenvalue weighted by atomic mass is 10.0. The third kappa shape index (κ3) is 4.12. The summed E-state index contributed by atoms with van der Waals surface area (Å²) in [4.78, 5) is 14.1. The zero-order chi connectivity index (χ0) is 24.5. The van der Waals surface area contributed by atoms with Crippen LogP contribution in [0.1, 0.15) is 23.0 Å². The molecule has 0 aliphatic carbocycles. The maximum atomic E-state index is 14.0. The highest BCUT2D eigenvalue weighted by molar-refractivity contribution is 6.02. The molecule has 178 valence electrons. The normalized spacial score (nSPS) is 17.6. The number of carbonyl (C=O) groups is 1. The number of halogens is 1. The van der Waals surface area contributed by atoms with Crippen molar-refractivity contribution in [3.63, 3.8) is 0 Å². The van der Waals surface area contributed by atoms with E-state index in [9.17, 15) is 9.18 Å². The van der Waals surface area contributed by atoms with Gasteiger partial charge in [0.2, 0.25) is 0 Å². The van der Waals surface area contributed by atoms with Crippen LogP contribution in [0.25, 0.3) is 16.6 Å². The molecule has 4 aromatic rings. The minimum atomic E-state index is -0.631. The molecule has 12 heteroatoms. The molecule has 3 N–H and O–H groups in total. The van der Waals surface area contributed by atoms with Crippen molar-refractivity contribution in [2.75, 3.05) is 30.0 Å². The number of nitrogens with two attached hydrogens (primary N) is 1. The van der Waals surface area contributed by atoms with Gasteiger partial charge in [0.1, 0.15) is 6.07 Å². The van der Waals surface area contributed by atoms with Crippen LogP contribution in [0.4, 0.5) is 15.9 Å². The maximum absolute atomic E-state index is 14.0. The van der Waals surface area contributed by atoms with E-state index in [1.165, 1.54) is 6.20 Å². The Morgan fingerprint density at radius 1 is 1.23 bits per heavy atom. The molecule has 4 aromatic heterocycles. The minimum absolute atomic E-state index is 0.212. The summed E-state index contributed by atoms with van der Waals surface area (Å²) in [5, 5.41) is 29.0. The van der Waals surface area contributed by atoms with Gasteiger partial charge in [0, 0.05) is 49.1 Å². The smallest absolute Gasteiger partial charge is 0.252 e. The zero-order valence-electron chi connectivity index (χ0n) is 19.0. The molecule has 1 amide bonds. The molecular weight excluding hydrogens is 451 g/mol. The Balaban J connectivity index is 1.49. The second-order valence-electron chi connectivity index (χ2n) is 8.40. The fourth-order valence-corrected chi connectivity index (χ4v) is 4.36. The van der Waals surface area contributed by atoms with Crippen LogP contribution in [0, 0.1) is 17.2 Å². The van der Waals surface area contributed by atoms with Gasteiger partial charge in [-0.25, -0.2) is 4.52 Å². The van der Waals surface area contributed by atoms with Crippen LogP contribution in [-0.4, -0.2) is 61.3 Å². The van der Waals surface area contributed by atoms with E-state index in [1.54, 1.807) is 22.8 Å². The van der Waals surface area contributed by atoms with E-state index in [4.69, 9.17) is 11.0 Å². The van der Waals surface area contributed by atoms with Crippen molar-refractivity contribution in [1.29, 1.82) is 5.26 Å². The van der Waals surface area contributed by atoms with Crippen molar-refractivity contribution in [3.8, 4) is 17.2 Å². The van der Waals surface area contributed by atoms with E-state index in [0.29, 0.717) is 30.1 Å². The van der Waals surface area contributed by atoms with E-state index < -0.39 is 12.6 Å². The van der Waals surface area contributed by atoms with Crippen LogP contribution in [0.3, 0.4) is 0 Å². The topological polar surface area (TPSA) is 143 Å². The molecule has 0 spiro atoms. The molecule has 1 saturated heterocycles. The van der Waals surface area contributed by atoms with Crippen molar-refractivity contribution in [2.24, 2.45) is 11.7 Å². The summed E-state index contributed by atoms with van der Waals surface area (Å²) in [6, 6.07) is 6.78. The molecule has 1 aliphatic rings. The molecular formula is C23H23FN10O. The van der Waals surface area contributed by atoms with Crippen LogP contribution < -0.4 is 16.0 Å². The van der Waals surface area contributed by atoms with Gasteiger partial charge in [0.05, 0.1) is 41.9 Å². The van der Waals surface area contributed by atoms with E-state index in [-0.39, 0.29) is 23.2 Å². The van der Waals surface area contributed by atoms with Gasteiger partial charge >= 0.3 is 0 Å². The average molecular weight is 475 g/mol. The second kappa shape index (κ2) is 9.02. The van der Waals surface area contributed by atoms with Gasteiger partial charge < -0.3 is 16.0 Å². The molecule has 5 rings (SSSR count). The molecule has 1 aliphatic heterocycles. The predicted molar refractivity (Wildman–Crippen MR) is 126 cm³/mol. The number of alkyl halides is 1. The average Bonchev–Trinajstić information content (AvgIpc) is 3.61. The number of nitrogens with one attached hydrogen (secondary N) is 1. The number of amides is 1. The van der Waals surface area contributed by atoms with Gasteiger partial charge in [0.25, 0.3) is 5.91 Å². The number of aryl methyl sites for hydroxylation is 1. The van der Waals surface area contributed by atoms with Crippen molar-refractivity contribution >= 4 is 22.9 Å². The number of aromatic nitrogens is 6. The molecule has 11 nitrogen and oxygen atoms in total. The predicted octanol–water partition coefficient (Wildman–Crippen LogP) is 1.86. The quantitative estimate of drug-likeness (QED) is 0.413. The molecule has 0 bridgehead atoms. The molecule has 1 fully saturated rings. The number of anilines is 2. The lowest BCUT2D eigenvalue weighted by Crippen LogP contribution is -2.31. The molecule has 35 heavy (non-hydrogen) atoms. The fourth-order valence-electron chi connectivity index (χ4n) is 4.36. The summed E-state index contributed by atoms with van der Waals surface area (Å²) in [6.07, 6.45) is 6.97. The van der Waals surface area contributed by atoms with Gasteiger partial charge in [-0.05, 0) is 25.1 Å². The highest BCUT2D eigenvalue weighted by Crippen LogP contribution is 2.32. The molecule has 0 saturated carbocycles. The number of hydrogen-bond donors (Lipinski definition) is 2. The van der Waals surface area contributed by atoms with Crippen LogP contribution in [0.15, 0.2) is 43.0 Å². The summed E-state index contributed by atoms with van der Waals surface area (Å²) >= 11 is 0. The van der Waals surface area contributed by atoms with E-state index in [2.05, 4.69) is 25.7 Å². The molecule has 0 aromatic carbocycles. The van der Waals surface area contributed by atoms with Crippen LogP contribution in [0.5, 0.6) is 0 Å². The van der Waals surface area contributed by atoms with Gasteiger partial charge in [-0.3, -0.25) is 13.9 Å². The third-order valence-corrected chi connectivity index (χ3v) is 6.25. The van der Waals surface area contributed by atoms with E-state index in [1.807, 2.05) is 41.0 Å². The van der Waals surface area contributed by atoms with E-state index in [0.717, 1.165) is 17.7 Å². The molecule has 5 heterocycles. The first-order valence-electron chi connectivity index (χ1n) is 11.2. The number of carbonyl (C=O) groups excluding carboxylic acids is 1. The van der Waals surface area contributed by atoms with Gasteiger partial charge in [0.15, 0.2) is 11.5 Å². The number of hydrogen-bond acceptors (Lipinski definition) is 8. The van der Waals surface area contributed by atoms with Crippen molar-refractivity contribution in [2.45, 2.75) is 19.5 Å². The fraction of sp³-hybridized carbons (Fsp3) is 0.304. The summed E-state index contributed by atoms with van der Waals surface area (Å²) < 4.78 is 17.5. The second-order valence-corrected chi connectivity index (χ2v) is 8.40. The van der Waals surface area contributed by atoms with Crippen molar-refractivity contribution < 1.29 is 9.18 Å². The number of fused-ring (bicyclic) bond motifs is 1. The molecule has 0 radical (unpaired) electrons. The van der Waals surface area contributed by atoms with Crippen LogP contribution in [-0.2, 0) is 6.54 Å². The number of rotatable bonds is 7. The summed E-state index contributed by atoms with van der Waals surface area (Å²) in [5.41, 5.74) is 9.03. The Kier molecular flexibility index (Phi) is 5.74. The minimum Gasteiger partial charge on any atom is -0.378 e. The SMILES string of the molecule is CCn1cc(-c2cc3c(N[C@@H]4CN(c5ccc(C#N)nn5)C[C@H]4CF)c(C(N)=O)cnn3c2)cn1. The number of nitriles is 1. The Hall–Kier alpha value is -4.53. The zero-order valence-corrected chi connectivity index (χ0v) is 19.0. The first-order valence-corrected chi connectivity index (χ1v) is 11.2.